The van der Waals surface area contributed by atoms with Crippen molar-refractivity contribution in [1.29, 1.82) is 0 Å². The molecular weight excluding hydrogens is 330 g/mol. The van der Waals surface area contributed by atoms with Crippen LogP contribution < -0.4 is 5.73 Å². The van der Waals surface area contributed by atoms with E-state index in [9.17, 15) is 4.79 Å². The minimum Gasteiger partial charge on any atom is -0.330 e. The Morgan fingerprint density at radius 3 is 2.72 bits per heavy atom. The summed E-state index contributed by atoms with van der Waals surface area (Å²) < 4.78 is 1.82. The minimum absolute atomic E-state index is 0.163. The third-order valence-corrected chi connectivity index (χ3v) is 5.68. The van der Waals surface area contributed by atoms with E-state index in [1.165, 1.54) is 22.5 Å². The van der Waals surface area contributed by atoms with Gasteiger partial charge in [-0.1, -0.05) is 24.3 Å². The number of hydrogen-bond acceptors (Lipinski definition) is 4. The van der Waals surface area contributed by atoms with Crippen molar-refractivity contribution in [3.05, 3.63) is 64.7 Å². The number of nitrogens with zero attached hydrogens (tertiary/aromatic N) is 2. The van der Waals surface area contributed by atoms with Crippen molar-refractivity contribution >= 4 is 17.1 Å². The summed E-state index contributed by atoms with van der Waals surface area (Å²) in [5, 5.41) is 4.19. The molecule has 130 valence electrons. The van der Waals surface area contributed by atoms with Crippen LogP contribution in [-0.4, -0.2) is 22.1 Å². The average molecular weight is 353 g/mol. The molecule has 0 unspecified atom stereocenters. The fourth-order valence-corrected chi connectivity index (χ4v) is 4.00. The van der Waals surface area contributed by atoms with Crippen molar-refractivity contribution in [3.8, 4) is 10.6 Å². The number of nitrogens with two attached hydrogens (primary N) is 1. The third kappa shape index (κ3) is 4.06. The van der Waals surface area contributed by atoms with Gasteiger partial charge in [-0.05, 0) is 55.1 Å². The summed E-state index contributed by atoms with van der Waals surface area (Å²) >= 11 is 1.52. The van der Waals surface area contributed by atoms with Gasteiger partial charge in [0.15, 0.2) is 5.78 Å². The first-order chi connectivity index (χ1) is 12.1. The molecule has 0 saturated heterocycles. The van der Waals surface area contributed by atoms with Crippen LogP contribution in [0.25, 0.3) is 10.6 Å². The third-order valence-electron chi connectivity index (χ3n) is 4.53. The van der Waals surface area contributed by atoms with Crippen LogP contribution in [0.5, 0.6) is 0 Å². The normalized spacial score (nSPS) is 12.3. The van der Waals surface area contributed by atoms with Gasteiger partial charge in [-0.2, -0.15) is 5.10 Å². The Bertz CT molecular complexity index is 865. The lowest BCUT2D eigenvalue weighted by molar-refractivity contribution is 0.0966. The van der Waals surface area contributed by atoms with Gasteiger partial charge < -0.3 is 5.73 Å². The van der Waals surface area contributed by atoms with Gasteiger partial charge in [-0.3, -0.25) is 9.48 Å². The lowest BCUT2D eigenvalue weighted by Crippen LogP contribution is -2.20. The Balaban J connectivity index is 1.69. The molecule has 2 N–H and O–H groups in total. The maximum absolute atomic E-state index is 12.7. The summed E-state index contributed by atoms with van der Waals surface area (Å²) in [6.07, 6.45) is 3.09. The van der Waals surface area contributed by atoms with Gasteiger partial charge in [0.1, 0.15) is 0 Å². The van der Waals surface area contributed by atoms with Crippen LogP contribution >= 0.6 is 11.3 Å². The number of aromatic nitrogens is 2. The fraction of sp³-hybridized carbons (Fsp3) is 0.300. The van der Waals surface area contributed by atoms with E-state index in [1.54, 1.807) is 6.20 Å². The van der Waals surface area contributed by atoms with Crippen LogP contribution in [0.15, 0.2) is 48.7 Å². The van der Waals surface area contributed by atoms with E-state index in [0.717, 1.165) is 21.9 Å². The van der Waals surface area contributed by atoms with E-state index in [-0.39, 0.29) is 11.7 Å². The Morgan fingerprint density at radius 2 is 2.04 bits per heavy atom. The van der Waals surface area contributed by atoms with Crippen molar-refractivity contribution in [2.75, 3.05) is 6.54 Å². The van der Waals surface area contributed by atoms with Crippen LogP contribution in [0.3, 0.4) is 0 Å². The second-order valence-corrected chi connectivity index (χ2v) is 7.45. The summed E-state index contributed by atoms with van der Waals surface area (Å²) in [6, 6.07) is 14.2. The second kappa shape index (κ2) is 7.76. The van der Waals surface area contributed by atoms with Crippen molar-refractivity contribution in [2.24, 2.45) is 18.7 Å². The number of hydrogen-bond donors (Lipinski definition) is 1. The summed E-state index contributed by atoms with van der Waals surface area (Å²) in [7, 11) is 1.91. The maximum Gasteiger partial charge on any atom is 0.173 e. The Morgan fingerprint density at radius 1 is 1.24 bits per heavy atom. The summed E-state index contributed by atoms with van der Waals surface area (Å²) in [4.78, 5) is 14.5. The highest BCUT2D eigenvalue weighted by Crippen LogP contribution is 2.29. The van der Waals surface area contributed by atoms with E-state index in [4.69, 9.17) is 5.73 Å². The molecule has 2 aromatic heterocycles. The number of carbonyl (C=O) groups excluding carboxylic acids is 1. The van der Waals surface area contributed by atoms with Crippen molar-refractivity contribution in [2.45, 2.75) is 19.8 Å². The fourth-order valence-electron chi connectivity index (χ4n) is 2.99. The van der Waals surface area contributed by atoms with Crippen LogP contribution in [0.2, 0.25) is 0 Å². The summed E-state index contributed by atoms with van der Waals surface area (Å²) in [5.41, 5.74) is 9.49. The number of thiophene rings is 1. The molecule has 0 amide bonds. The molecular formula is C20H23N3OS. The monoisotopic (exact) mass is 353 g/mol. The van der Waals surface area contributed by atoms with Gasteiger partial charge in [0.05, 0.1) is 15.4 Å². The quantitative estimate of drug-likeness (QED) is 0.656. The number of ketones is 1. The van der Waals surface area contributed by atoms with Gasteiger partial charge in [0.25, 0.3) is 0 Å². The Hall–Kier alpha value is -2.24. The molecule has 1 aromatic carbocycles. The highest BCUT2D eigenvalue weighted by molar-refractivity contribution is 7.17. The molecule has 2 heterocycles. The van der Waals surface area contributed by atoms with Gasteiger partial charge in [-0.15, -0.1) is 11.3 Å². The Labute approximate surface area is 152 Å². The second-order valence-electron chi connectivity index (χ2n) is 6.36. The molecule has 3 aromatic rings. The molecule has 5 heteroatoms. The molecule has 25 heavy (non-hydrogen) atoms. The zero-order chi connectivity index (χ0) is 17.8. The van der Waals surface area contributed by atoms with E-state index < -0.39 is 0 Å². The smallest absolute Gasteiger partial charge is 0.173 e. The number of Topliss-reactive ketones (excluding diaryl/α,β-unsaturated/α-hetero) is 1. The number of carbonyl (C=O) groups is 1. The first kappa shape index (κ1) is 17.6. The van der Waals surface area contributed by atoms with Crippen LogP contribution in [0.1, 0.15) is 27.2 Å². The van der Waals surface area contributed by atoms with Crippen molar-refractivity contribution in [3.63, 3.8) is 0 Å². The topological polar surface area (TPSA) is 60.9 Å². The summed E-state index contributed by atoms with van der Waals surface area (Å²) in [5.74, 6) is 0.332. The molecule has 0 bridgehead atoms. The standard InChI is InChI=1S/C20H23N3OS/c1-14-5-3-4-6-16(14)11-15(13-21)12-18(24)20-8-7-19(25-20)17-9-10-22-23(17)2/h3-10,15H,11-13,21H2,1-2H3/t15-/m1/s1. The molecule has 0 fully saturated rings. The van der Waals surface area contributed by atoms with Crippen LogP contribution in [0, 0.1) is 12.8 Å². The van der Waals surface area contributed by atoms with Gasteiger partial charge >= 0.3 is 0 Å². The van der Waals surface area contributed by atoms with Gasteiger partial charge in [0, 0.05) is 19.7 Å². The maximum atomic E-state index is 12.7. The predicted octanol–water partition coefficient (Wildman–Crippen LogP) is 3.85. The van der Waals surface area contributed by atoms with E-state index >= 15 is 0 Å². The van der Waals surface area contributed by atoms with E-state index in [1.807, 2.05) is 42.1 Å². The molecule has 0 saturated carbocycles. The molecule has 1 atom stereocenters. The zero-order valence-corrected chi connectivity index (χ0v) is 15.4. The average Bonchev–Trinajstić information content (AvgIpc) is 3.24. The Kier molecular flexibility index (Phi) is 5.46. The van der Waals surface area contributed by atoms with Crippen LogP contribution in [0.4, 0.5) is 0 Å². The van der Waals surface area contributed by atoms with E-state index in [0.29, 0.717) is 13.0 Å². The first-order valence-corrected chi connectivity index (χ1v) is 9.26. The van der Waals surface area contributed by atoms with Gasteiger partial charge in [0.2, 0.25) is 0 Å². The highest BCUT2D eigenvalue weighted by Gasteiger charge is 2.18. The van der Waals surface area contributed by atoms with Crippen LogP contribution in [-0.2, 0) is 13.5 Å². The molecule has 0 aliphatic heterocycles. The molecule has 4 nitrogen and oxygen atoms in total. The lowest BCUT2D eigenvalue weighted by Gasteiger charge is -2.15. The van der Waals surface area contributed by atoms with Gasteiger partial charge in [-0.25, -0.2) is 0 Å². The SMILES string of the molecule is Cc1ccccc1C[C@@H](CN)CC(=O)c1ccc(-c2ccnn2C)s1. The van der Waals surface area contributed by atoms with Crippen molar-refractivity contribution < 1.29 is 4.79 Å². The zero-order valence-electron chi connectivity index (χ0n) is 14.6. The lowest BCUT2D eigenvalue weighted by atomic mass is 9.92. The number of rotatable bonds is 7. The molecule has 0 aliphatic rings. The first-order valence-electron chi connectivity index (χ1n) is 8.44. The predicted molar refractivity (Wildman–Crippen MR) is 103 cm³/mol. The largest absolute Gasteiger partial charge is 0.330 e. The molecule has 0 aliphatic carbocycles. The molecule has 0 radical (unpaired) electrons. The minimum atomic E-state index is 0.163. The molecule has 3 rings (SSSR count). The number of aryl methyl sites for hydroxylation is 2. The summed E-state index contributed by atoms with van der Waals surface area (Å²) in [6.45, 7) is 2.62. The van der Waals surface area contributed by atoms with Crippen molar-refractivity contribution in [1.82, 2.24) is 9.78 Å². The highest BCUT2D eigenvalue weighted by atomic mass is 32.1. The molecule has 0 spiro atoms. The van der Waals surface area contributed by atoms with E-state index in [2.05, 4.69) is 24.2 Å². The number of benzene rings is 1.